The summed E-state index contributed by atoms with van der Waals surface area (Å²) in [6.07, 6.45) is 1.50. The molecule has 0 bridgehead atoms. The number of amides is 3. The lowest BCUT2D eigenvalue weighted by atomic mass is 10.2. The van der Waals surface area contributed by atoms with Crippen molar-refractivity contribution in [1.82, 2.24) is 10.2 Å². The van der Waals surface area contributed by atoms with Gasteiger partial charge in [-0.3, -0.25) is 4.79 Å². The second kappa shape index (κ2) is 8.58. The van der Waals surface area contributed by atoms with Crippen LogP contribution in [0.15, 0.2) is 48.5 Å². The number of likely N-dealkylation sites (tertiary alicyclic amines) is 1. The highest BCUT2D eigenvalue weighted by Crippen LogP contribution is 2.30. The van der Waals surface area contributed by atoms with E-state index in [1.165, 1.54) is 0 Å². The van der Waals surface area contributed by atoms with Gasteiger partial charge in [-0.25, -0.2) is 4.79 Å². The highest BCUT2D eigenvalue weighted by molar-refractivity contribution is 5.95. The van der Waals surface area contributed by atoms with E-state index in [1.807, 2.05) is 56.3 Å². The van der Waals surface area contributed by atoms with E-state index < -0.39 is 6.04 Å². The number of urea groups is 1. The van der Waals surface area contributed by atoms with Crippen LogP contribution in [-0.2, 0) is 4.79 Å². The minimum Gasteiger partial charge on any atom is -0.455 e. The number of benzene rings is 2. The topological polar surface area (TPSA) is 70.7 Å². The molecule has 27 heavy (non-hydrogen) atoms. The maximum atomic E-state index is 12.8. The molecule has 1 aliphatic heterocycles. The molecule has 2 aromatic carbocycles. The van der Waals surface area contributed by atoms with Crippen molar-refractivity contribution < 1.29 is 14.3 Å². The quantitative estimate of drug-likeness (QED) is 0.841. The van der Waals surface area contributed by atoms with Gasteiger partial charge in [-0.05, 0) is 56.5 Å². The summed E-state index contributed by atoms with van der Waals surface area (Å²) >= 11 is 0. The minimum atomic E-state index is -0.421. The summed E-state index contributed by atoms with van der Waals surface area (Å²) in [4.78, 5) is 26.6. The molecule has 2 N–H and O–H groups in total. The Kier molecular flexibility index (Phi) is 5.96. The number of aryl methyl sites for hydroxylation is 1. The third-order valence-electron chi connectivity index (χ3n) is 4.51. The lowest BCUT2D eigenvalue weighted by Gasteiger charge is -2.24. The lowest BCUT2D eigenvalue weighted by molar-refractivity contribution is -0.124. The van der Waals surface area contributed by atoms with Gasteiger partial charge in [0.25, 0.3) is 0 Å². The molecule has 3 rings (SSSR count). The first-order chi connectivity index (χ1) is 13.1. The molecule has 1 atom stereocenters. The van der Waals surface area contributed by atoms with Crippen molar-refractivity contribution in [2.24, 2.45) is 0 Å². The van der Waals surface area contributed by atoms with Gasteiger partial charge in [-0.2, -0.15) is 0 Å². The van der Waals surface area contributed by atoms with Crippen LogP contribution in [0.2, 0.25) is 0 Å². The predicted molar refractivity (Wildman–Crippen MR) is 105 cm³/mol. The third-order valence-corrected chi connectivity index (χ3v) is 4.51. The fourth-order valence-corrected chi connectivity index (χ4v) is 3.23. The molecule has 1 aliphatic rings. The number of para-hydroxylation sites is 2. The number of nitrogens with zero attached hydrogens (tertiary/aromatic N) is 1. The highest BCUT2D eigenvalue weighted by Gasteiger charge is 2.34. The van der Waals surface area contributed by atoms with Crippen molar-refractivity contribution in [2.45, 2.75) is 32.7 Å². The van der Waals surface area contributed by atoms with Gasteiger partial charge in [0.05, 0.1) is 5.69 Å². The molecule has 142 valence electrons. The molecule has 0 saturated carbocycles. The van der Waals surface area contributed by atoms with E-state index in [0.717, 1.165) is 12.0 Å². The van der Waals surface area contributed by atoms with Crippen molar-refractivity contribution in [1.29, 1.82) is 0 Å². The summed E-state index contributed by atoms with van der Waals surface area (Å²) in [7, 11) is 0. The second-order valence-electron chi connectivity index (χ2n) is 6.59. The van der Waals surface area contributed by atoms with Crippen LogP contribution in [0, 0.1) is 6.92 Å². The molecule has 0 unspecified atom stereocenters. The second-order valence-corrected chi connectivity index (χ2v) is 6.59. The van der Waals surface area contributed by atoms with Gasteiger partial charge in [-0.1, -0.05) is 24.3 Å². The SMILES string of the molecule is CCNC(=O)[C@@H]1CCCN1C(=O)Nc1ccccc1Oc1cccc(C)c1. The monoisotopic (exact) mass is 367 g/mol. The van der Waals surface area contributed by atoms with Crippen molar-refractivity contribution in [3.05, 3.63) is 54.1 Å². The Balaban J connectivity index is 1.73. The Morgan fingerprint density at radius 2 is 2.00 bits per heavy atom. The number of likely N-dealkylation sites (N-methyl/N-ethyl adjacent to an activating group) is 1. The van der Waals surface area contributed by atoms with E-state index in [0.29, 0.717) is 36.7 Å². The van der Waals surface area contributed by atoms with Crippen LogP contribution in [0.1, 0.15) is 25.3 Å². The molecule has 0 aromatic heterocycles. The number of hydrogen-bond acceptors (Lipinski definition) is 3. The Morgan fingerprint density at radius 3 is 2.78 bits per heavy atom. The van der Waals surface area contributed by atoms with Gasteiger partial charge >= 0.3 is 6.03 Å². The number of rotatable bonds is 5. The van der Waals surface area contributed by atoms with Crippen LogP contribution < -0.4 is 15.4 Å². The van der Waals surface area contributed by atoms with E-state index in [2.05, 4.69) is 10.6 Å². The van der Waals surface area contributed by atoms with Gasteiger partial charge in [0, 0.05) is 13.1 Å². The van der Waals surface area contributed by atoms with Gasteiger partial charge in [0.2, 0.25) is 5.91 Å². The van der Waals surface area contributed by atoms with Gasteiger partial charge in [-0.15, -0.1) is 0 Å². The molecule has 6 nitrogen and oxygen atoms in total. The summed E-state index contributed by atoms with van der Waals surface area (Å²) < 4.78 is 5.95. The maximum absolute atomic E-state index is 12.8. The lowest BCUT2D eigenvalue weighted by Crippen LogP contribution is -2.47. The van der Waals surface area contributed by atoms with Crippen LogP contribution in [0.5, 0.6) is 11.5 Å². The van der Waals surface area contributed by atoms with Crippen LogP contribution in [0.25, 0.3) is 0 Å². The molecule has 6 heteroatoms. The Labute approximate surface area is 159 Å². The molecule has 1 saturated heterocycles. The zero-order valence-corrected chi connectivity index (χ0v) is 15.7. The van der Waals surface area contributed by atoms with E-state index in [4.69, 9.17) is 4.74 Å². The van der Waals surface area contributed by atoms with Crippen LogP contribution in [0.3, 0.4) is 0 Å². The molecular formula is C21H25N3O3. The van der Waals surface area contributed by atoms with Crippen LogP contribution in [0.4, 0.5) is 10.5 Å². The van der Waals surface area contributed by atoms with Crippen molar-refractivity contribution in [3.8, 4) is 11.5 Å². The van der Waals surface area contributed by atoms with E-state index in [-0.39, 0.29) is 11.9 Å². The zero-order chi connectivity index (χ0) is 19.2. The zero-order valence-electron chi connectivity index (χ0n) is 15.7. The molecule has 2 aromatic rings. The highest BCUT2D eigenvalue weighted by atomic mass is 16.5. The summed E-state index contributed by atoms with van der Waals surface area (Å²) in [5, 5.41) is 5.70. The number of anilines is 1. The molecule has 1 heterocycles. The average molecular weight is 367 g/mol. The first kappa shape index (κ1) is 18.8. The van der Waals surface area contributed by atoms with Crippen molar-refractivity contribution >= 4 is 17.6 Å². The fraction of sp³-hybridized carbons (Fsp3) is 0.333. The van der Waals surface area contributed by atoms with Crippen LogP contribution >= 0.6 is 0 Å². The number of hydrogen-bond donors (Lipinski definition) is 2. The standard InChI is InChI=1S/C21H25N3O3/c1-3-22-20(25)18-11-7-13-24(18)21(26)23-17-10-4-5-12-19(17)27-16-9-6-8-15(2)14-16/h4-6,8-10,12,14,18H,3,7,11,13H2,1-2H3,(H,22,25)(H,23,26)/t18-/m0/s1. The summed E-state index contributed by atoms with van der Waals surface area (Å²) in [6, 6.07) is 14.3. The number of carbonyl (C=O) groups is 2. The van der Waals surface area contributed by atoms with Crippen LogP contribution in [-0.4, -0.2) is 36.0 Å². The smallest absolute Gasteiger partial charge is 0.322 e. The summed E-state index contributed by atoms with van der Waals surface area (Å²) in [5.74, 6) is 1.16. The minimum absolute atomic E-state index is 0.102. The number of nitrogens with one attached hydrogen (secondary N) is 2. The molecule has 0 spiro atoms. The fourth-order valence-electron chi connectivity index (χ4n) is 3.23. The van der Waals surface area contributed by atoms with E-state index in [9.17, 15) is 9.59 Å². The average Bonchev–Trinajstić information content (AvgIpc) is 3.14. The van der Waals surface area contributed by atoms with E-state index in [1.54, 1.807) is 11.0 Å². The first-order valence-electron chi connectivity index (χ1n) is 9.27. The Bertz CT molecular complexity index is 822. The maximum Gasteiger partial charge on any atom is 0.322 e. The first-order valence-corrected chi connectivity index (χ1v) is 9.27. The largest absolute Gasteiger partial charge is 0.455 e. The Morgan fingerprint density at radius 1 is 1.19 bits per heavy atom. The number of carbonyl (C=O) groups excluding carboxylic acids is 2. The normalized spacial score (nSPS) is 16.1. The van der Waals surface area contributed by atoms with Gasteiger partial charge in [0.15, 0.2) is 5.75 Å². The van der Waals surface area contributed by atoms with E-state index >= 15 is 0 Å². The predicted octanol–water partition coefficient (Wildman–Crippen LogP) is 3.92. The summed E-state index contributed by atoms with van der Waals surface area (Å²) in [6.45, 7) is 4.98. The molecule has 1 fully saturated rings. The Hall–Kier alpha value is -3.02. The molecule has 3 amide bonds. The molecule has 0 radical (unpaired) electrons. The summed E-state index contributed by atoms with van der Waals surface area (Å²) in [5.41, 5.74) is 1.67. The third kappa shape index (κ3) is 4.58. The van der Waals surface area contributed by atoms with Crippen molar-refractivity contribution in [3.63, 3.8) is 0 Å². The van der Waals surface area contributed by atoms with Crippen molar-refractivity contribution in [2.75, 3.05) is 18.4 Å². The van der Waals surface area contributed by atoms with Gasteiger partial charge in [0.1, 0.15) is 11.8 Å². The molecular weight excluding hydrogens is 342 g/mol. The van der Waals surface area contributed by atoms with Gasteiger partial charge < -0.3 is 20.3 Å². The number of ether oxygens (including phenoxy) is 1. The molecule has 0 aliphatic carbocycles.